The molecule has 92 valence electrons. The van der Waals surface area contributed by atoms with Crippen LogP contribution in [0.1, 0.15) is 12.8 Å². The van der Waals surface area contributed by atoms with Crippen LogP contribution >= 0.6 is 0 Å². The fourth-order valence-corrected chi connectivity index (χ4v) is 1.94. The Kier molecular flexibility index (Phi) is 3.08. The molecule has 0 radical (unpaired) electrons. The van der Waals surface area contributed by atoms with Crippen molar-refractivity contribution in [3.8, 4) is 0 Å². The summed E-state index contributed by atoms with van der Waals surface area (Å²) in [5.41, 5.74) is 5.36. The molecule has 1 unspecified atom stereocenters. The zero-order valence-corrected chi connectivity index (χ0v) is 10.00. The highest BCUT2D eigenvalue weighted by molar-refractivity contribution is 5.83. The minimum Gasteiger partial charge on any atom is -0.368 e. The van der Waals surface area contributed by atoms with E-state index in [0.29, 0.717) is 11.9 Å². The molecule has 1 amide bonds. The molecule has 17 heavy (non-hydrogen) atoms. The van der Waals surface area contributed by atoms with Crippen LogP contribution in [-0.4, -0.2) is 47.5 Å². The zero-order chi connectivity index (χ0) is 12.4. The van der Waals surface area contributed by atoms with Crippen molar-refractivity contribution >= 4 is 17.8 Å². The largest absolute Gasteiger partial charge is 0.368 e. The number of rotatable bonds is 3. The van der Waals surface area contributed by atoms with Crippen LogP contribution in [0.2, 0.25) is 0 Å². The standard InChI is InChI=1S/C10H16N6O/c1-15(2)9-12-6-13-10(14-9)16-5-3-4-7(16)8(11)17/h6-7H,3-5H2,1-2H3,(H2,11,17). The van der Waals surface area contributed by atoms with E-state index in [4.69, 9.17) is 5.73 Å². The van der Waals surface area contributed by atoms with Crippen LogP contribution in [0.15, 0.2) is 6.33 Å². The Morgan fingerprint density at radius 1 is 1.53 bits per heavy atom. The van der Waals surface area contributed by atoms with Gasteiger partial charge in [0.15, 0.2) is 0 Å². The van der Waals surface area contributed by atoms with E-state index in [2.05, 4.69) is 15.0 Å². The van der Waals surface area contributed by atoms with Crippen molar-refractivity contribution in [1.29, 1.82) is 0 Å². The summed E-state index contributed by atoms with van der Waals surface area (Å²) in [6.45, 7) is 0.754. The summed E-state index contributed by atoms with van der Waals surface area (Å²) < 4.78 is 0. The average molecular weight is 236 g/mol. The van der Waals surface area contributed by atoms with Crippen LogP contribution in [-0.2, 0) is 4.79 Å². The van der Waals surface area contributed by atoms with Crippen LogP contribution < -0.4 is 15.5 Å². The summed E-state index contributed by atoms with van der Waals surface area (Å²) in [6.07, 6.45) is 3.14. The second-order valence-electron chi connectivity index (χ2n) is 4.23. The molecule has 1 aromatic rings. The highest BCUT2D eigenvalue weighted by Crippen LogP contribution is 2.22. The molecule has 1 fully saturated rings. The Morgan fingerprint density at radius 2 is 2.29 bits per heavy atom. The molecule has 0 aliphatic carbocycles. The molecule has 0 aromatic carbocycles. The molecular weight excluding hydrogens is 220 g/mol. The van der Waals surface area contributed by atoms with E-state index >= 15 is 0 Å². The first kappa shape index (κ1) is 11.6. The molecule has 1 atom stereocenters. The quantitative estimate of drug-likeness (QED) is 0.753. The molecule has 1 aliphatic heterocycles. The molecule has 2 rings (SSSR count). The summed E-state index contributed by atoms with van der Waals surface area (Å²) in [5.74, 6) is 0.768. The minimum absolute atomic E-state index is 0.299. The smallest absolute Gasteiger partial charge is 0.240 e. The van der Waals surface area contributed by atoms with Gasteiger partial charge in [-0.25, -0.2) is 9.97 Å². The molecule has 7 heteroatoms. The van der Waals surface area contributed by atoms with E-state index in [-0.39, 0.29) is 11.9 Å². The number of anilines is 2. The molecule has 1 saturated heterocycles. The third kappa shape index (κ3) is 2.27. The van der Waals surface area contributed by atoms with Crippen molar-refractivity contribution in [3.05, 3.63) is 6.33 Å². The molecule has 0 saturated carbocycles. The van der Waals surface area contributed by atoms with E-state index in [1.54, 1.807) is 4.90 Å². The van der Waals surface area contributed by atoms with Crippen molar-refractivity contribution < 1.29 is 4.79 Å². The van der Waals surface area contributed by atoms with Crippen molar-refractivity contribution in [2.24, 2.45) is 5.73 Å². The lowest BCUT2D eigenvalue weighted by molar-refractivity contribution is -0.119. The number of carbonyl (C=O) groups is 1. The summed E-state index contributed by atoms with van der Waals surface area (Å²) in [5, 5.41) is 0. The number of amides is 1. The fourth-order valence-electron chi connectivity index (χ4n) is 1.94. The second-order valence-corrected chi connectivity index (χ2v) is 4.23. The Labute approximate surface area is 99.7 Å². The maximum absolute atomic E-state index is 11.3. The molecule has 0 spiro atoms. The topological polar surface area (TPSA) is 88.2 Å². The van der Waals surface area contributed by atoms with Gasteiger partial charge in [0, 0.05) is 20.6 Å². The van der Waals surface area contributed by atoms with Crippen molar-refractivity contribution in [1.82, 2.24) is 15.0 Å². The monoisotopic (exact) mass is 236 g/mol. The van der Waals surface area contributed by atoms with Crippen LogP contribution in [0.25, 0.3) is 0 Å². The van der Waals surface area contributed by atoms with Gasteiger partial charge in [-0.3, -0.25) is 4.79 Å². The van der Waals surface area contributed by atoms with E-state index in [1.807, 2.05) is 19.0 Å². The first-order chi connectivity index (χ1) is 8.09. The van der Waals surface area contributed by atoms with Gasteiger partial charge in [0.1, 0.15) is 12.4 Å². The lowest BCUT2D eigenvalue weighted by Crippen LogP contribution is -2.41. The van der Waals surface area contributed by atoms with Gasteiger partial charge in [-0.05, 0) is 12.8 Å². The first-order valence-electron chi connectivity index (χ1n) is 5.52. The summed E-state index contributed by atoms with van der Waals surface area (Å²) in [6, 6.07) is -0.299. The first-order valence-corrected chi connectivity index (χ1v) is 5.52. The zero-order valence-electron chi connectivity index (χ0n) is 10.00. The average Bonchev–Trinajstić information content (AvgIpc) is 2.78. The van der Waals surface area contributed by atoms with Gasteiger partial charge in [0.2, 0.25) is 17.8 Å². The van der Waals surface area contributed by atoms with E-state index in [9.17, 15) is 4.79 Å². The predicted molar refractivity (Wildman–Crippen MR) is 63.7 cm³/mol. The third-order valence-electron chi connectivity index (χ3n) is 2.78. The molecule has 1 aliphatic rings. The SMILES string of the molecule is CN(C)c1ncnc(N2CCCC2C(N)=O)n1. The minimum atomic E-state index is -0.325. The van der Waals surface area contributed by atoms with Gasteiger partial charge in [-0.2, -0.15) is 4.98 Å². The fraction of sp³-hybridized carbons (Fsp3) is 0.600. The Hall–Kier alpha value is -1.92. The van der Waals surface area contributed by atoms with Crippen LogP contribution in [0.4, 0.5) is 11.9 Å². The van der Waals surface area contributed by atoms with Gasteiger partial charge < -0.3 is 15.5 Å². The lowest BCUT2D eigenvalue weighted by Gasteiger charge is -2.22. The van der Waals surface area contributed by atoms with E-state index in [0.717, 1.165) is 19.4 Å². The number of primary amides is 1. The van der Waals surface area contributed by atoms with Crippen LogP contribution in [0.5, 0.6) is 0 Å². The maximum Gasteiger partial charge on any atom is 0.240 e. The molecule has 2 N–H and O–H groups in total. The van der Waals surface area contributed by atoms with E-state index in [1.165, 1.54) is 6.33 Å². The van der Waals surface area contributed by atoms with Crippen LogP contribution in [0, 0.1) is 0 Å². The van der Waals surface area contributed by atoms with Gasteiger partial charge in [-0.15, -0.1) is 0 Å². The normalized spacial score (nSPS) is 19.4. The highest BCUT2D eigenvalue weighted by Gasteiger charge is 2.31. The van der Waals surface area contributed by atoms with E-state index < -0.39 is 0 Å². The molecule has 0 bridgehead atoms. The van der Waals surface area contributed by atoms with Crippen LogP contribution in [0.3, 0.4) is 0 Å². The van der Waals surface area contributed by atoms with Crippen molar-refractivity contribution in [3.63, 3.8) is 0 Å². The van der Waals surface area contributed by atoms with Gasteiger partial charge in [0.25, 0.3) is 0 Å². The second kappa shape index (κ2) is 4.52. The number of carbonyl (C=O) groups excluding carboxylic acids is 1. The third-order valence-corrected chi connectivity index (χ3v) is 2.78. The number of hydrogen-bond donors (Lipinski definition) is 1. The number of hydrogen-bond acceptors (Lipinski definition) is 6. The number of aromatic nitrogens is 3. The predicted octanol–water partition coefficient (Wildman–Crippen LogP) is -0.608. The molecule has 2 heterocycles. The Bertz CT molecular complexity index is 421. The molecule has 1 aromatic heterocycles. The lowest BCUT2D eigenvalue weighted by atomic mass is 10.2. The van der Waals surface area contributed by atoms with Crippen molar-refractivity contribution in [2.75, 3.05) is 30.4 Å². The molecule has 7 nitrogen and oxygen atoms in total. The maximum atomic E-state index is 11.3. The van der Waals surface area contributed by atoms with Gasteiger partial charge in [0.05, 0.1) is 0 Å². The highest BCUT2D eigenvalue weighted by atomic mass is 16.1. The molecular formula is C10H16N6O. The number of nitrogens with zero attached hydrogens (tertiary/aromatic N) is 5. The summed E-state index contributed by atoms with van der Waals surface area (Å²) in [7, 11) is 3.71. The number of nitrogens with two attached hydrogens (primary N) is 1. The van der Waals surface area contributed by atoms with Crippen molar-refractivity contribution in [2.45, 2.75) is 18.9 Å². The summed E-state index contributed by atoms with van der Waals surface area (Å²) in [4.78, 5) is 27.4. The van der Waals surface area contributed by atoms with Gasteiger partial charge in [-0.1, -0.05) is 0 Å². The summed E-state index contributed by atoms with van der Waals surface area (Å²) >= 11 is 0. The Morgan fingerprint density at radius 3 is 2.94 bits per heavy atom. The van der Waals surface area contributed by atoms with Gasteiger partial charge >= 0.3 is 0 Å². The Balaban J connectivity index is 2.27.